The number of rotatable bonds is 6. The van der Waals surface area contributed by atoms with Gasteiger partial charge >= 0.3 is 0 Å². The second kappa shape index (κ2) is 9.08. The second-order valence-corrected chi connectivity index (χ2v) is 9.01. The fourth-order valence-electron chi connectivity index (χ4n) is 4.70. The molecular formula is C23H35N3O2. The van der Waals surface area contributed by atoms with E-state index >= 15 is 0 Å². The summed E-state index contributed by atoms with van der Waals surface area (Å²) >= 11 is 0. The number of piperidine rings is 1. The first kappa shape index (κ1) is 20.8. The Bertz CT molecular complexity index is 686. The minimum absolute atomic E-state index is 0.0740. The Hall–Kier alpha value is -1.88. The lowest BCUT2D eigenvalue weighted by molar-refractivity contribution is -0.130. The number of hydrogen-bond donors (Lipinski definition) is 1. The zero-order valence-electron chi connectivity index (χ0n) is 17.7. The van der Waals surface area contributed by atoms with E-state index in [1.807, 2.05) is 4.90 Å². The second-order valence-electron chi connectivity index (χ2n) is 9.01. The van der Waals surface area contributed by atoms with Crippen LogP contribution in [0.3, 0.4) is 0 Å². The smallest absolute Gasteiger partial charge is 0.224 e. The molecule has 1 N–H and O–H groups in total. The van der Waals surface area contributed by atoms with Gasteiger partial charge in [0.2, 0.25) is 11.8 Å². The van der Waals surface area contributed by atoms with Crippen LogP contribution in [0.25, 0.3) is 0 Å². The molecule has 5 heteroatoms. The van der Waals surface area contributed by atoms with Crippen molar-refractivity contribution < 1.29 is 9.59 Å². The Morgan fingerprint density at radius 3 is 2.54 bits per heavy atom. The van der Waals surface area contributed by atoms with E-state index in [2.05, 4.69) is 48.3 Å². The minimum Gasteiger partial charge on any atom is -0.356 e. The number of carbonyl (C=O) groups is 2. The summed E-state index contributed by atoms with van der Waals surface area (Å²) in [6.07, 6.45) is 3.92. The van der Waals surface area contributed by atoms with E-state index in [0.717, 1.165) is 39.1 Å². The summed E-state index contributed by atoms with van der Waals surface area (Å²) in [4.78, 5) is 28.0. The lowest BCUT2D eigenvalue weighted by Gasteiger charge is -2.40. The summed E-state index contributed by atoms with van der Waals surface area (Å²) in [6.45, 7) is 11.3. The largest absolute Gasteiger partial charge is 0.356 e. The Labute approximate surface area is 169 Å². The van der Waals surface area contributed by atoms with Crippen molar-refractivity contribution in [1.29, 1.82) is 0 Å². The molecule has 5 nitrogen and oxygen atoms in total. The third-order valence-corrected chi connectivity index (χ3v) is 6.30. The molecule has 3 rings (SSSR count). The molecule has 1 spiro atoms. The highest BCUT2D eigenvalue weighted by molar-refractivity contribution is 5.78. The summed E-state index contributed by atoms with van der Waals surface area (Å²) in [6, 6.07) is 9.04. The van der Waals surface area contributed by atoms with Crippen molar-refractivity contribution in [1.82, 2.24) is 15.1 Å². The molecule has 0 aliphatic carbocycles. The molecule has 1 aromatic carbocycles. The number of amides is 2. The quantitative estimate of drug-likeness (QED) is 0.818. The summed E-state index contributed by atoms with van der Waals surface area (Å²) in [7, 11) is 0. The molecule has 0 aromatic heterocycles. The van der Waals surface area contributed by atoms with Crippen molar-refractivity contribution >= 4 is 11.8 Å². The summed E-state index contributed by atoms with van der Waals surface area (Å²) < 4.78 is 0. The average Bonchev–Trinajstić information content (AvgIpc) is 3.05. The SMILES string of the molecule is CC(=O)NCCC(=O)N1CCC2(CCCN(Cc3ccc(C(C)C)cc3)C2)C1. The molecule has 2 heterocycles. The maximum atomic E-state index is 12.5. The van der Waals surface area contributed by atoms with E-state index in [9.17, 15) is 9.59 Å². The van der Waals surface area contributed by atoms with Crippen LogP contribution < -0.4 is 5.32 Å². The first-order valence-electron chi connectivity index (χ1n) is 10.7. The number of benzene rings is 1. The van der Waals surface area contributed by atoms with Gasteiger partial charge in [-0.3, -0.25) is 14.5 Å². The lowest BCUT2D eigenvalue weighted by Crippen LogP contribution is -2.45. The molecule has 28 heavy (non-hydrogen) atoms. The third-order valence-electron chi connectivity index (χ3n) is 6.30. The average molecular weight is 386 g/mol. The van der Waals surface area contributed by atoms with Gasteiger partial charge in [0.25, 0.3) is 0 Å². The molecule has 2 fully saturated rings. The molecule has 0 radical (unpaired) electrons. The number of carbonyl (C=O) groups excluding carboxylic acids is 2. The van der Waals surface area contributed by atoms with Crippen LogP contribution in [0.2, 0.25) is 0 Å². The van der Waals surface area contributed by atoms with Crippen LogP contribution in [0.4, 0.5) is 0 Å². The van der Waals surface area contributed by atoms with Crippen molar-refractivity contribution in [3.8, 4) is 0 Å². The first-order valence-corrected chi connectivity index (χ1v) is 10.7. The van der Waals surface area contributed by atoms with E-state index in [0.29, 0.717) is 18.9 Å². The molecule has 154 valence electrons. The predicted molar refractivity (Wildman–Crippen MR) is 112 cm³/mol. The van der Waals surface area contributed by atoms with Crippen molar-refractivity contribution in [2.75, 3.05) is 32.7 Å². The molecule has 1 unspecified atom stereocenters. The topological polar surface area (TPSA) is 52.7 Å². The van der Waals surface area contributed by atoms with Crippen molar-refractivity contribution in [2.24, 2.45) is 5.41 Å². The van der Waals surface area contributed by atoms with Gasteiger partial charge in [0, 0.05) is 51.5 Å². The van der Waals surface area contributed by atoms with Crippen LogP contribution in [0, 0.1) is 5.41 Å². The standard InChI is InChI=1S/C23H35N3O2/c1-18(2)21-7-5-20(6-8-21)15-25-13-4-10-23(16-25)11-14-26(17-23)22(28)9-12-24-19(3)27/h5-8,18H,4,9-17H2,1-3H3,(H,24,27). The maximum Gasteiger partial charge on any atom is 0.224 e. The van der Waals surface area contributed by atoms with Gasteiger partial charge in [0.15, 0.2) is 0 Å². The lowest BCUT2D eigenvalue weighted by atomic mass is 9.79. The van der Waals surface area contributed by atoms with Crippen LogP contribution in [0.5, 0.6) is 0 Å². The molecular weight excluding hydrogens is 350 g/mol. The van der Waals surface area contributed by atoms with Crippen molar-refractivity contribution in [3.05, 3.63) is 35.4 Å². The fraction of sp³-hybridized carbons (Fsp3) is 0.652. The molecule has 2 aliphatic heterocycles. The normalized spacial score (nSPS) is 22.8. The number of likely N-dealkylation sites (tertiary alicyclic amines) is 2. The van der Waals surface area contributed by atoms with Crippen LogP contribution >= 0.6 is 0 Å². The van der Waals surface area contributed by atoms with Gasteiger partial charge in [-0.15, -0.1) is 0 Å². The molecule has 2 amide bonds. The maximum absolute atomic E-state index is 12.5. The molecule has 2 saturated heterocycles. The van der Waals surface area contributed by atoms with Gasteiger partial charge in [0.05, 0.1) is 0 Å². The third kappa shape index (κ3) is 5.34. The number of nitrogens with zero attached hydrogens (tertiary/aromatic N) is 2. The van der Waals surface area contributed by atoms with Crippen LogP contribution in [-0.4, -0.2) is 54.3 Å². The van der Waals surface area contributed by atoms with Gasteiger partial charge < -0.3 is 10.2 Å². The van der Waals surface area contributed by atoms with E-state index in [-0.39, 0.29) is 17.2 Å². The highest BCUT2D eigenvalue weighted by Crippen LogP contribution is 2.39. The zero-order valence-corrected chi connectivity index (χ0v) is 17.7. The molecule has 0 bridgehead atoms. The van der Waals surface area contributed by atoms with E-state index < -0.39 is 0 Å². The van der Waals surface area contributed by atoms with E-state index in [1.165, 1.54) is 30.9 Å². The number of hydrogen-bond acceptors (Lipinski definition) is 3. The van der Waals surface area contributed by atoms with Crippen molar-refractivity contribution in [3.63, 3.8) is 0 Å². The highest BCUT2D eigenvalue weighted by Gasteiger charge is 2.42. The van der Waals surface area contributed by atoms with E-state index in [1.54, 1.807) is 0 Å². The summed E-state index contributed by atoms with van der Waals surface area (Å²) in [5.74, 6) is 0.669. The zero-order chi connectivity index (χ0) is 20.1. The van der Waals surface area contributed by atoms with Gasteiger partial charge in [-0.25, -0.2) is 0 Å². The van der Waals surface area contributed by atoms with Gasteiger partial charge in [0.1, 0.15) is 0 Å². The Kier molecular flexibility index (Phi) is 6.76. The van der Waals surface area contributed by atoms with Crippen LogP contribution in [-0.2, 0) is 16.1 Å². The molecule has 1 atom stereocenters. The molecule has 1 aromatic rings. The summed E-state index contributed by atoms with van der Waals surface area (Å²) in [5, 5.41) is 2.72. The van der Waals surface area contributed by atoms with Gasteiger partial charge in [-0.2, -0.15) is 0 Å². The minimum atomic E-state index is -0.0740. The highest BCUT2D eigenvalue weighted by atomic mass is 16.2. The Morgan fingerprint density at radius 2 is 1.86 bits per heavy atom. The predicted octanol–water partition coefficient (Wildman–Crippen LogP) is 3.15. The van der Waals surface area contributed by atoms with Crippen molar-refractivity contribution in [2.45, 2.75) is 58.9 Å². The van der Waals surface area contributed by atoms with Crippen LogP contribution in [0.1, 0.15) is 63.5 Å². The molecule has 2 aliphatic rings. The van der Waals surface area contributed by atoms with Crippen LogP contribution in [0.15, 0.2) is 24.3 Å². The fourth-order valence-corrected chi connectivity index (χ4v) is 4.70. The van der Waals surface area contributed by atoms with Gasteiger partial charge in [-0.05, 0) is 42.9 Å². The van der Waals surface area contributed by atoms with E-state index in [4.69, 9.17) is 0 Å². The summed E-state index contributed by atoms with van der Waals surface area (Å²) in [5.41, 5.74) is 3.02. The Morgan fingerprint density at radius 1 is 1.11 bits per heavy atom. The Balaban J connectivity index is 1.52. The van der Waals surface area contributed by atoms with Gasteiger partial charge in [-0.1, -0.05) is 38.1 Å². The monoisotopic (exact) mass is 385 g/mol. The molecule has 0 saturated carbocycles. The first-order chi connectivity index (χ1) is 13.4. The number of nitrogens with one attached hydrogen (secondary N) is 1.